The highest BCUT2D eigenvalue weighted by atomic mass is 16.1. The third kappa shape index (κ3) is 3.48. The number of amides is 1. The van der Waals surface area contributed by atoms with Crippen molar-refractivity contribution in [3.05, 3.63) is 0 Å². The average molecular weight is 267 g/mol. The van der Waals surface area contributed by atoms with Crippen molar-refractivity contribution in [2.24, 2.45) is 11.7 Å². The van der Waals surface area contributed by atoms with E-state index in [1.54, 1.807) is 0 Å². The van der Waals surface area contributed by atoms with Gasteiger partial charge < -0.3 is 16.0 Å². The molecule has 2 aliphatic rings. The van der Waals surface area contributed by atoms with E-state index in [2.05, 4.69) is 17.1 Å². The van der Waals surface area contributed by atoms with E-state index in [4.69, 9.17) is 5.73 Å². The van der Waals surface area contributed by atoms with Crippen LogP contribution in [0, 0.1) is 5.92 Å². The number of carbonyl (C=O) groups excluding carboxylic acids is 1. The number of fused-ring (bicyclic) bond motifs is 2. The minimum atomic E-state index is -0.533. The van der Waals surface area contributed by atoms with E-state index in [1.807, 2.05) is 6.92 Å². The smallest absolute Gasteiger partial charge is 0.237 e. The lowest BCUT2D eigenvalue weighted by atomic mass is 9.94. The Morgan fingerprint density at radius 2 is 2.26 bits per heavy atom. The molecular formula is C15H29N3O. The van der Waals surface area contributed by atoms with E-state index in [-0.39, 0.29) is 5.91 Å². The molecule has 2 fully saturated rings. The predicted octanol–water partition coefficient (Wildman–Crippen LogP) is 1.49. The Labute approximate surface area is 117 Å². The van der Waals surface area contributed by atoms with Gasteiger partial charge in [0.05, 0.1) is 5.54 Å². The summed E-state index contributed by atoms with van der Waals surface area (Å²) < 4.78 is 0. The van der Waals surface area contributed by atoms with Crippen LogP contribution in [0.15, 0.2) is 0 Å². The number of nitrogens with zero attached hydrogens (tertiary/aromatic N) is 1. The molecule has 1 amide bonds. The van der Waals surface area contributed by atoms with Crippen LogP contribution >= 0.6 is 0 Å². The molecule has 1 saturated carbocycles. The third-order valence-electron chi connectivity index (χ3n) is 4.95. The van der Waals surface area contributed by atoms with Crippen molar-refractivity contribution in [1.82, 2.24) is 10.2 Å². The maximum absolute atomic E-state index is 11.6. The van der Waals surface area contributed by atoms with Gasteiger partial charge >= 0.3 is 0 Å². The molecule has 1 aliphatic heterocycles. The fourth-order valence-corrected chi connectivity index (χ4v) is 3.64. The summed E-state index contributed by atoms with van der Waals surface area (Å²) in [6.45, 7) is 7.31. The largest absolute Gasteiger partial charge is 0.368 e. The van der Waals surface area contributed by atoms with Gasteiger partial charge in [-0.25, -0.2) is 0 Å². The van der Waals surface area contributed by atoms with Gasteiger partial charge in [0.25, 0.3) is 0 Å². The van der Waals surface area contributed by atoms with E-state index in [0.29, 0.717) is 0 Å². The summed E-state index contributed by atoms with van der Waals surface area (Å²) in [6, 6.07) is 0.827. The Balaban J connectivity index is 1.74. The summed E-state index contributed by atoms with van der Waals surface area (Å²) in [7, 11) is 0. The van der Waals surface area contributed by atoms with Gasteiger partial charge in [-0.1, -0.05) is 6.92 Å². The number of hydrogen-bond acceptors (Lipinski definition) is 3. The molecule has 3 atom stereocenters. The summed E-state index contributed by atoms with van der Waals surface area (Å²) in [5, 5.41) is 3.31. The molecule has 1 saturated heterocycles. The molecule has 4 heteroatoms. The van der Waals surface area contributed by atoms with Gasteiger partial charge in [0.1, 0.15) is 0 Å². The first-order chi connectivity index (χ1) is 9.05. The maximum Gasteiger partial charge on any atom is 0.237 e. The van der Waals surface area contributed by atoms with E-state index in [0.717, 1.165) is 44.3 Å². The molecule has 0 radical (unpaired) electrons. The molecule has 3 unspecified atom stereocenters. The molecule has 0 spiro atoms. The van der Waals surface area contributed by atoms with Crippen molar-refractivity contribution in [2.45, 2.75) is 64.0 Å². The molecule has 2 rings (SSSR count). The maximum atomic E-state index is 11.6. The second-order valence-corrected chi connectivity index (χ2v) is 6.55. The summed E-state index contributed by atoms with van der Waals surface area (Å²) in [6.07, 6.45) is 7.14. The molecule has 1 heterocycles. The van der Waals surface area contributed by atoms with Gasteiger partial charge in [-0.05, 0) is 64.5 Å². The number of rotatable bonds is 8. The van der Waals surface area contributed by atoms with E-state index in [1.165, 1.54) is 25.8 Å². The van der Waals surface area contributed by atoms with Gasteiger partial charge in [0, 0.05) is 12.6 Å². The average Bonchev–Trinajstić information content (AvgIpc) is 2.98. The lowest BCUT2D eigenvalue weighted by Crippen LogP contribution is -2.53. The van der Waals surface area contributed by atoms with Crippen LogP contribution in [-0.4, -0.2) is 42.0 Å². The molecule has 2 bridgehead atoms. The zero-order valence-corrected chi connectivity index (χ0v) is 12.5. The van der Waals surface area contributed by atoms with Crippen LogP contribution in [0.2, 0.25) is 0 Å². The van der Waals surface area contributed by atoms with Crippen molar-refractivity contribution >= 4 is 5.91 Å². The van der Waals surface area contributed by atoms with Crippen LogP contribution in [0.5, 0.6) is 0 Å². The van der Waals surface area contributed by atoms with Gasteiger partial charge in [-0.3, -0.25) is 4.79 Å². The van der Waals surface area contributed by atoms with Gasteiger partial charge in [-0.2, -0.15) is 0 Å². The molecule has 19 heavy (non-hydrogen) atoms. The first-order valence-corrected chi connectivity index (χ1v) is 7.84. The Morgan fingerprint density at radius 3 is 2.79 bits per heavy atom. The molecule has 0 aromatic rings. The minimum Gasteiger partial charge on any atom is -0.368 e. The van der Waals surface area contributed by atoms with Crippen molar-refractivity contribution in [3.63, 3.8) is 0 Å². The molecule has 0 aromatic heterocycles. The number of hydrogen-bond donors (Lipinski definition) is 2. The standard InChI is InChI=1S/C15H29N3O/c1-3-8-17-15(2,14(16)19)7-4-9-18-11-12-5-6-13(18)10-12/h12-13,17H,3-11H2,1-2H3,(H2,16,19). The van der Waals surface area contributed by atoms with E-state index < -0.39 is 5.54 Å². The zero-order valence-electron chi connectivity index (χ0n) is 12.5. The Bertz CT molecular complexity index is 321. The molecular weight excluding hydrogens is 238 g/mol. The fourth-order valence-electron chi connectivity index (χ4n) is 3.64. The fraction of sp³-hybridized carbons (Fsp3) is 0.933. The summed E-state index contributed by atoms with van der Waals surface area (Å²) in [5.74, 6) is 0.731. The van der Waals surface area contributed by atoms with Crippen LogP contribution in [0.1, 0.15) is 52.4 Å². The molecule has 110 valence electrons. The quantitative estimate of drug-likeness (QED) is 0.700. The Morgan fingerprint density at radius 1 is 1.47 bits per heavy atom. The number of nitrogens with two attached hydrogens (primary N) is 1. The van der Waals surface area contributed by atoms with Gasteiger partial charge in [0.2, 0.25) is 5.91 Å². The van der Waals surface area contributed by atoms with Crippen molar-refractivity contribution in [1.29, 1.82) is 0 Å². The van der Waals surface area contributed by atoms with Crippen molar-refractivity contribution in [2.75, 3.05) is 19.6 Å². The van der Waals surface area contributed by atoms with Crippen molar-refractivity contribution in [3.8, 4) is 0 Å². The minimum absolute atomic E-state index is 0.219. The SMILES string of the molecule is CCCNC(C)(CCCN1CC2CCC1C2)C(N)=O. The number of nitrogens with one attached hydrogen (secondary N) is 1. The predicted molar refractivity (Wildman–Crippen MR) is 77.8 cm³/mol. The monoisotopic (exact) mass is 267 g/mol. The van der Waals surface area contributed by atoms with Crippen LogP contribution in [0.4, 0.5) is 0 Å². The number of primary amides is 1. The van der Waals surface area contributed by atoms with Crippen LogP contribution in [0.25, 0.3) is 0 Å². The highest BCUT2D eigenvalue weighted by Crippen LogP contribution is 2.37. The lowest BCUT2D eigenvalue weighted by Gasteiger charge is -2.30. The number of carbonyl (C=O) groups is 1. The molecule has 4 nitrogen and oxygen atoms in total. The highest BCUT2D eigenvalue weighted by Gasteiger charge is 2.37. The second kappa shape index (κ2) is 6.23. The summed E-state index contributed by atoms with van der Waals surface area (Å²) in [4.78, 5) is 14.2. The van der Waals surface area contributed by atoms with Gasteiger partial charge in [-0.15, -0.1) is 0 Å². The van der Waals surface area contributed by atoms with E-state index >= 15 is 0 Å². The zero-order chi connectivity index (χ0) is 13.9. The summed E-state index contributed by atoms with van der Waals surface area (Å²) >= 11 is 0. The topological polar surface area (TPSA) is 58.4 Å². The Hall–Kier alpha value is -0.610. The normalized spacial score (nSPS) is 29.6. The third-order valence-corrected chi connectivity index (χ3v) is 4.95. The number of piperidine rings is 1. The molecule has 3 N–H and O–H groups in total. The van der Waals surface area contributed by atoms with Crippen molar-refractivity contribution < 1.29 is 4.79 Å². The number of likely N-dealkylation sites (tertiary alicyclic amines) is 1. The van der Waals surface area contributed by atoms with Crippen LogP contribution in [-0.2, 0) is 4.79 Å². The lowest BCUT2D eigenvalue weighted by molar-refractivity contribution is -0.124. The Kier molecular flexibility index (Phi) is 4.85. The van der Waals surface area contributed by atoms with E-state index in [9.17, 15) is 4.79 Å². The van der Waals surface area contributed by atoms with Crippen LogP contribution in [0.3, 0.4) is 0 Å². The second-order valence-electron chi connectivity index (χ2n) is 6.55. The first-order valence-electron chi connectivity index (χ1n) is 7.84. The summed E-state index contributed by atoms with van der Waals surface area (Å²) in [5.41, 5.74) is 5.02. The van der Waals surface area contributed by atoms with Gasteiger partial charge in [0.15, 0.2) is 0 Å². The first kappa shape index (κ1) is 14.8. The highest BCUT2D eigenvalue weighted by molar-refractivity contribution is 5.84. The molecule has 0 aromatic carbocycles. The van der Waals surface area contributed by atoms with Crippen LogP contribution < -0.4 is 11.1 Å². The molecule has 1 aliphatic carbocycles.